The summed E-state index contributed by atoms with van der Waals surface area (Å²) >= 11 is 9.59. The normalized spacial score (nSPS) is 14.7. The maximum Gasteiger partial charge on any atom is 0.335 e. The fourth-order valence-corrected chi connectivity index (χ4v) is 4.65. The van der Waals surface area contributed by atoms with Crippen LogP contribution in [0.5, 0.6) is 11.5 Å². The second-order valence-corrected chi connectivity index (χ2v) is 9.72. The van der Waals surface area contributed by atoms with Gasteiger partial charge in [-0.1, -0.05) is 35.9 Å². The number of amides is 4. The predicted molar refractivity (Wildman–Crippen MR) is 146 cm³/mol. The van der Waals surface area contributed by atoms with E-state index in [4.69, 9.17) is 21.1 Å². The fourth-order valence-electron chi connectivity index (χ4n) is 3.86. The lowest BCUT2D eigenvalue weighted by molar-refractivity contribution is -0.122. The van der Waals surface area contributed by atoms with E-state index < -0.39 is 17.8 Å². The third-order valence-corrected chi connectivity index (χ3v) is 6.45. The van der Waals surface area contributed by atoms with E-state index >= 15 is 0 Å². The first-order valence-corrected chi connectivity index (χ1v) is 12.7. The quantitative estimate of drug-likeness (QED) is 0.258. The van der Waals surface area contributed by atoms with Gasteiger partial charge in [-0.2, -0.15) is 0 Å². The molecule has 7 nitrogen and oxygen atoms in total. The van der Waals surface area contributed by atoms with E-state index in [-0.39, 0.29) is 12.2 Å². The summed E-state index contributed by atoms with van der Waals surface area (Å²) in [5.41, 5.74) is 3.24. The van der Waals surface area contributed by atoms with Crippen molar-refractivity contribution in [3.05, 3.63) is 91.9 Å². The summed E-state index contributed by atoms with van der Waals surface area (Å²) in [6.45, 7) is 6.12. The van der Waals surface area contributed by atoms with Crippen molar-refractivity contribution in [3.8, 4) is 11.5 Å². The van der Waals surface area contributed by atoms with Crippen LogP contribution in [0.4, 0.5) is 10.5 Å². The summed E-state index contributed by atoms with van der Waals surface area (Å²) in [5.74, 6) is -0.586. The summed E-state index contributed by atoms with van der Waals surface area (Å²) in [5, 5.41) is 2.87. The van der Waals surface area contributed by atoms with Gasteiger partial charge in [-0.05, 0) is 95.4 Å². The number of rotatable bonds is 7. The predicted octanol–water partition coefficient (Wildman–Crippen LogP) is 6.36. The van der Waals surface area contributed by atoms with Crippen LogP contribution in [-0.2, 0) is 16.2 Å². The molecule has 0 radical (unpaired) electrons. The minimum atomic E-state index is -0.790. The minimum Gasteiger partial charge on any atom is -0.490 e. The molecule has 1 heterocycles. The van der Waals surface area contributed by atoms with E-state index in [1.807, 2.05) is 44.2 Å². The SMILES string of the molecule is CCOc1cc(/C=C2\C(=O)NC(=O)N(c3cc(C)ccc3C)C2=O)cc(Br)c1OCc1cccc(Cl)c1. The summed E-state index contributed by atoms with van der Waals surface area (Å²) in [6, 6.07) is 15.4. The van der Waals surface area contributed by atoms with Crippen LogP contribution in [0.15, 0.2) is 64.6 Å². The van der Waals surface area contributed by atoms with Crippen LogP contribution in [0.2, 0.25) is 5.02 Å². The second kappa shape index (κ2) is 11.2. The number of urea groups is 1. The molecular weight excluding hydrogens is 560 g/mol. The number of hydrogen-bond acceptors (Lipinski definition) is 5. The van der Waals surface area contributed by atoms with Gasteiger partial charge in [0.15, 0.2) is 11.5 Å². The molecule has 0 atom stereocenters. The van der Waals surface area contributed by atoms with Crippen molar-refractivity contribution < 1.29 is 23.9 Å². The number of ether oxygens (including phenoxy) is 2. The average molecular weight is 584 g/mol. The largest absolute Gasteiger partial charge is 0.490 e. The number of benzene rings is 3. The number of hydrogen-bond donors (Lipinski definition) is 1. The van der Waals surface area contributed by atoms with Gasteiger partial charge in [0.1, 0.15) is 12.2 Å². The number of nitrogens with one attached hydrogen (secondary N) is 1. The average Bonchev–Trinajstić information content (AvgIpc) is 2.83. The van der Waals surface area contributed by atoms with E-state index in [1.54, 1.807) is 31.2 Å². The molecule has 3 aromatic rings. The van der Waals surface area contributed by atoms with Crippen molar-refractivity contribution in [2.45, 2.75) is 27.4 Å². The maximum absolute atomic E-state index is 13.4. The van der Waals surface area contributed by atoms with E-state index in [2.05, 4.69) is 21.2 Å². The third-order valence-electron chi connectivity index (χ3n) is 5.62. The number of aryl methyl sites for hydroxylation is 2. The second-order valence-electron chi connectivity index (χ2n) is 8.43. The summed E-state index contributed by atoms with van der Waals surface area (Å²) in [4.78, 5) is 39.6. The van der Waals surface area contributed by atoms with Crippen molar-refractivity contribution in [2.24, 2.45) is 0 Å². The van der Waals surface area contributed by atoms with Crippen LogP contribution in [0.25, 0.3) is 6.08 Å². The number of imide groups is 2. The van der Waals surface area contributed by atoms with Crippen LogP contribution in [0, 0.1) is 13.8 Å². The first-order valence-electron chi connectivity index (χ1n) is 11.5. The van der Waals surface area contributed by atoms with E-state index in [1.165, 1.54) is 6.08 Å². The molecule has 1 fully saturated rings. The van der Waals surface area contributed by atoms with Gasteiger partial charge < -0.3 is 9.47 Å². The Bertz CT molecular complexity index is 1440. The highest BCUT2D eigenvalue weighted by Gasteiger charge is 2.37. The Kier molecular flexibility index (Phi) is 8.00. The van der Waals surface area contributed by atoms with Crippen molar-refractivity contribution >= 4 is 57.1 Å². The molecule has 4 amide bonds. The molecule has 1 N–H and O–H groups in total. The first-order chi connectivity index (χ1) is 17.7. The Balaban J connectivity index is 1.68. The van der Waals surface area contributed by atoms with Gasteiger partial charge in [-0.25, -0.2) is 9.69 Å². The Morgan fingerprint density at radius 1 is 1.03 bits per heavy atom. The molecular formula is C28H24BrClN2O5. The van der Waals surface area contributed by atoms with E-state index in [0.29, 0.717) is 38.9 Å². The highest BCUT2D eigenvalue weighted by Crippen LogP contribution is 2.38. The van der Waals surface area contributed by atoms with Gasteiger partial charge in [-0.3, -0.25) is 14.9 Å². The van der Waals surface area contributed by atoms with Crippen LogP contribution in [0.3, 0.4) is 0 Å². The lowest BCUT2D eigenvalue weighted by Gasteiger charge is -2.28. The first kappa shape index (κ1) is 26.4. The minimum absolute atomic E-state index is 0.178. The number of carbonyl (C=O) groups excluding carboxylic acids is 3. The molecule has 1 saturated heterocycles. The molecule has 0 spiro atoms. The molecule has 9 heteroatoms. The highest BCUT2D eigenvalue weighted by atomic mass is 79.9. The monoisotopic (exact) mass is 582 g/mol. The lowest BCUT2D eigenvalue weighted by Crippen LogP contribution is -2.54. The number of barbiturate groups is 1. The Morgan fingerprint density at radius 2 is 1.81 bits per heavy atom. The van der Waals surface area contributed by atoms with Gasteiger partial charge in [0.05, 0.1) is 16.8 Å². The molecule has 4 rings (SSSR count). The molecule has 3 aromatic carbocycles. The summed E-state index contributed by atoms with van der Waals surface area (Å²) in [7, 11) is 0. The summed E-state index contributed by atoms with van der Waals surface area (Å²) in [6.07, 6.45) is 1.43. The molecule has 0 saturated carbocycles. The zero-order valence-corrected chi connectivity index (χ0v) is 22.8. The third kappa shape index (κ3) is 5.87. The molecule has 1 aliphatic rings. The standard InChI is InChI=1S/C28H24BrClN2O5/c1-4-36-24-14-19(13-22(29)25(24)37-15-18-6-5-7-20(30)11-18)12-21-26(33)31-28(35)32(27(21)34)23-10-16(2)8-9-17(23)3/h5-14H,4,15H2,1-3H3,(H,31,33,35)/b21-12+. The fraction of sp³-hybridized carbons (Fsp3) is 0.179. The lowest BCUT2D eigenvalue weighted by atomic mass is 10.0. The van der Waals surface area contributed by atoms with Gasteiger partial charge in [0.25, 0.3) is 11.8 Å². The summed E-state index contributed by atoms with van der Waals surface area (Å²) < 4.78 is 12.4. The van der Waals surface area contributed by atoms with Crippen LogP contribution in [0.1, 0.15) is 29.2 Å². The molecule has 0 unspecified atom stereocenters. The van der Waals surface area contributed by atoms with Crippen molar-refractivity contribution in [1.82, 2.24) is 5.32 Å². The van der Waals surface area contributed by atoms with Crippen molar-refractivity contribution in [3.63, 3.8) is 0 Å². The van der Waals surface area contributed by atoms with Crippen molar-refractivity contribution in [2.75, 3.05) is 11.5 Å². The van der Waals surface area contributed by atoms with E-state index in [0.717, 1.165) is 21.6 Å². The smallest absolute Gasteiger partial charge is 0.335 e. The molecule has 0 bridgehead atoms. The number of carbonyl (C=O) groups is 3. The van der Waals surface area contributed by atoms with Gasteiger partial charge in [-0.15, -0.1) is 0 Å². The van der Waals surface area contributed by atoms with E-state index in [9.17, 15) is 14.4 Å². The van der Waals surface area contributed by atoms with Gasteiger partial charge in [0.2, 0.25) is 0 Å². The zero-order valence-electron chi connectivity index (χ0n) is 20.4. The Labute approximate surface area is 228 Å². The zero-order chi connectivity index (χ0) is 26.7. The number of nitrogens with zero attached hydrogens (tertiary/aromatic N) is 1. The molecule has 1 aliphatic heterocycles. The Morgan fingerprint density at radius 3 is 2.54 bits per heavy atom. The molecule has 190 valence electrons. The van der Waals surface area contributed by atoms with Gasteiger partial charge >= 0.3 is 6.03 Å². The van der Waals surface area contributed by atoms with Crippen molar-refractivity contribution in [1.29, 1.82) is 0 Å². The van der Waals surface area contributed by atoms with Crippen LogP contribution >= 0.6 is 27.5 Å². The molecule has 37 heavy (non-hydrogen) atoms. The maximum atomic E-state index is 13.4. The van der Waals surface area contributed by atoms with Crippen LogP contribution < -0.4 is 19.7 Å². The Hall–Kier alpha value is -3.62. The highest BCUT2D eigenvalue weighted by molar-refractivity contribution is 9.10. The van der Waals surface area contributed by atoms with Crippen LogP contribution in [-0.4, -0.2) is 24.5 Å². The molecule has 0 aromatic heterocycles. The number of anilines is 1. The van der Waals surface area contributed by atoms with Gasteiger partial charge in [0, 0.05) is 5.02 Å². The number of halogens is 2. The topological polar surface area (TPSA) is 84.9 Å². The molecule has 0 aliphatic carbocycles.